The Labute approximate surface area is 125 Å². The molecule has 0 aliphatic rings. The molecule has 0 radical (unpaired) electrons. The summed E-state index contributed by atoms with van der Waals surface area (Å²) in [4.78, 5) is 12.6. The third-order valence-corrected chi connectivity index (χ3v) is 2.97. The van der Waals surface area contributed by atoms with Crippen molar-refractivity contribution in [3.8, 4) is 0 Å². The Morgan fingerprint density at radius 3 is 2.00 bits per heavy atom. The van der Waals surface area contributed by atoms with Crippen LogP contribution in [0.2, 0.25) is 0 Å². The average molecular weight is 280 g/mol. The van der Waals surface area contributed by atoms with Gasteiger partial charge in [-0.1, -0.05) is 48.5 Å². The van der Waals surface area contributed by atoms with Crippen LogP contribution in [-0.2, 0) is 0 Å². The van der Waals surface area contributed by atoms with E-state index in [1.54, 1.807) is 18.3 Å². The van der Waals surface area contributed by atoms with Crippen molar-refractivity contribution < 1.29 is 4.79 Å². The molecule has 2 aromatic carbocycles. The lowest BCUT2D eigenvalue weighted by atomic mass is 10.1. The van der Waals surface area contributed by atoms with E-state index < -0.39 is 5.54 Å². The van der Waals surface area contributed by atoms with E-state index in [2.05, 4.69) is 5.10 Å². The Morgan fingerprint density at radius 1 is 0.952 bits per heavy atom. The van der Waals surface area contributed by atoms with Gasteiger partial charge in [0.25, 0.3) is 5.91 Å². The summed E-state index contributed by atoms with van der Waals surface area (Å²) in [6.07, 6.45) is 1.71. The zero-order valence-electron chi connectivity index (χ0n) is 12.7. The van der Waals surface area contributed by atoms with Crippen molar-refractivity contribution in [3.63, 3.8) is 0 Å². The zero-order chi connectivity index (χ0) is 15.3. The van der Waals surface area contributed by atoms with E-state index in [1.165, 1.54) is 5.01 Å². The molecule has 0 atom stereocenters. The monoisotopic (exact) mass is 280 g/mol. The van der Waals surface area contributed by atoms with Crippen LogP contribution < -0.4 is 0 Å². The largest absolute Gasteiger partial charge is 0.274 e. The van der Waals surface area contributed by atoms with E-state index in [0.717, 1.165) is 5.56 Å². The second-order valence-corrected chi connectivity index (χ2v) is 5.81. The van der Waals surface area contributed by atoms with Crippen molar-refractivity contribution in [1.82, 2.24) is 5.01 Å². The van der Waals surface area contributed by atoms with Gasteiger partial charge in [-0.05, 0) is 38.5 Å². The van der Waals surface area contributed by atoms with Crippen LogP contribution in [0, 0.1) is 0 Å². The number of nitrogens with zero attached hydrogens (tertiary/aromatic N) is 2. The van der Waals surface area contributed by atoms with E-state index in [-0.39, 0.29) is 5.91 Å². The lowest BCUT2D eigenvalue weighted by Gasteiger charge is -2.31. The van der Waals surface area contributed by atoms with Crippen LogP contribution in [0.4, 0.5) is 0 Å². The first-order valence-electron chi connectivity index (χ1n) is 6.97. The van der Waals surface area contributed by atoms with Crippen LogP contribution in [0.3, 0.4) is 0 Å². The van der Waals surface area contributed by atoms with Crippen molar-refractivity contribution in [1.29, 1.82) is 0 Å². The highest BCUT2D eigenvalue weighted by molar-refractivity contribution is 5.95. The molecule has 2 rings (SSSR count). The van der Waals surface area contributed by atoms with Gasteiger partial charge in [0.1, 0.15) is 0 Å². The molecule has 3 nitrogen and oxygen atoms in total. The van der Waals surface area contributed by atoms with Gasteiger partial charge in [-0.25, -0.2) is 5.01 Å². The molecule has 2 aromatic rings. The van der Waals surface area contributed by atoms with Crippen LogP contribution in [0.1, 0.15) is 36.7 Å². The molecule has 0 N–H and O–H groups in total. The molecule has 0 aromatic heterocycles. The van der Waals surface area contributed by atoms with Gasteiger partial charge < -0.3 is 0 Å². The van der Waals surface area contributed by atoms with Crippen LogP contribution in [0.5, 0.6) is 0 Å². The lowest BCUT2D eigenvalue weighted by molar-refractivity contribution is 0.0593. The Hall–Kier alpha value is -2.42. The maximum atomic E-state index is 12.6. The van der Waals surface area contributed by atoms with Gasteiger partial charge in [0, 0.05) is 5.56 Å². The van der Waals surface area contributed by atoms with Crippen molar-refractivity contribution in [2.75, 3.05) is 0 Å². The number of carbonyl (C=O) groups excluding carboxylic acids is 1. The molecule has 0 saturated heterocycles. The second kappa shape index (κ2) is 6.35. The average Bonchev–Trinajstić information content (AvgIpc) is 2.48. The van der Waals surface area contributed by atoms with Crippen molar-refractivity contribution in [3.05, 3.63) is 71.8 Å². The molecule has 0 aliphatic carbocycles. The van der Waals surface area contributed by atoms with Crippen LogP contribution in [0.25, 0.3) is 0 Å². The van der Waals surface area contributed by atoms with E-state index in [1.807, 2.05) is 69.3 Å². The molecule has 0 aliphatic heterocycles. The molecule has 0 fully saturated rings. The fraction of sp³-hybridized carbons (Fsp3) is 0.222. The Kier molecular flexibility index (Phi) is 4.53. The highest BCUT2D eigenvalue weighted by atomic mass is 16.2. The Bertz CT molecular complexity index is 613. The van der Waals surface area contributed by atoms with Gasteiger partial charge in [-0.3, -0.25) is 4.79 Å². The van der Waals surface area contributed by atoms with Gasteiger partial charge in [0.15, 0.2) is 0 Å². The lowest BCUT2D eigenvalue weighted by Crippen LogP contribution is -2.41. The molecule has 3 heteroatoms. The summed E-state index contributed by atoms with van der Waals surface area (Å²) in [7, 11) is 0. The Morgan fingerprint density at radius 2 is 1.48 bits per heavy atom. The third kappa shape index (κ3) is 4.02. The maximum absolute atomic E-state index is 12.6. The van der Waals surface area contributed by atoms with Gasteiger partial charge in [-0.2, -0.15) is 5.10 Å². The first-order chi connectivity index (χ1) is 9.98. The van der Waals surface area contributed by atoms with Gasteiger partial charge >= 0.3 is 0 Å². The minimum Gasteiger partial charge on any atom is -0.267 e. The fourth-order valence-corrected chi connectivity index (χ4v) is 1.90. The highest BCUT2D eigenvalue weighted by Crippen LogP contribution is 2.18. The van der Waals surface area contributed by atoms with Crippen LogP contribution >= 0.6 is 0 Å². The standard InChI is InChI=1S/C18H20N2O/c1-18(2,3)20(17(21)16-12-8-5-9-13-16)19-14-15-10-6-4-7-11-15/h4-14H,1-3H3/b19-14-. The molecule has 0 heterocycles. The minimum atomic E-state index is -0.391. The molecule has 1 amide bonds. The number of amides is 1. The first-order valence-corrected chi connectivity index (χ1v) is 6.97. The molecule has 108 valence electrons. The van der Waals surface area contributed by atoms with Crippen molar-refractivity contribution >= 4 is 12.1 Å². The van der Waals surface area contributed by atoms with Gasteiger partial charge in [0.2, 0.25) is 0 Å². The topological polar surface area (TPSA) is 32.7 Å². The summed E-state index contributed by atoms with van der Waals surface area (Å²) >= 11 is 0. The summed E-state index contributed by atoms with van der Waals surface area (Å²) < 4.78 is 0. The van der Waals surface area contributed by atoms with Gasteiger partial charge in [-0.15, -0.1) is 0 Å². The third-order valence-electron chi connectivity index (χ3n) is 2.97. The quantitative estimate of drug-likeness (QED) is 0.618. The molecule has 21 heavy (non-hydrogen) atoms. The maximum Gasteiger partial charge on any atom is 0.274 e. The number of hydrogen-bond donors (Lipinski definition) is 0. The van der Waals surface area contributed by atoms with Crippen molar-refractivity contribution in [2.24, 2.45) is 5.10 Å². The molecule has 0 saturated carbocycles. The Balaban J connectivity index is 2.28. The van der Waals surface area contributed by atoms with E-state index in [4.69, 9.17) is 0 Å². The summed E-state index contributed by atoms with van der Waals surface area (Å²) in [5.74, 6) is -0.102. The summed E-state index contributed by atoms with van der Waals surface area (Å²) in [5, 5.41) is 5.92. The fourth-order valence-electron chi connectivity index (χ4n) is 1.90. The SMILES string of the molecule is CC(C)(C)N(/N=C\c1ccccc1)C(=O)c1ccccc1. The summed E-state index contributed by atoms with van der Waals surface area (Å²) in [5.41, 5.74) is 1.21. The molecule has 0 bridgehead atoms. The van der Waals surface area contributed by atoms with E-state index in [0.29, 0.717) is 5.56 Å². The molecule has 0 unspecified atom stereocenters. The number of hydrazone groups is 1. The molecule has 0 spiro atoms. The number of benzene rings is 2. The van der Waals surface area contributed by atoms with Crippen LogP contribution in [-0.4, -0.2) is 22.7 Å². The zero-order valence-corrected chi connectivity index (χ0v) is 12.7. The molecular weight excluding hydrogens is 260 g/mol. The number of rotatable bonds is 3. The predicted molar refractivity (Wildman–Crippen MR) is 86.4 cm³/mol. The highest BCUT2D eigenvalue weighted by Gasteiger charge is 2.26. The van der Waals surface area contributed by atoms with Crippen LogP contribution in [0.15, 0.2) is 65.8 Å². The van der Waals surface area contributed by atoms with Crippen molar-refractivity contribution in [2.45, 2.75) is 26.3 Å². The number of carbonyl (C=O) groups is 1. The normalized spacial score (nSPS) is 11.6. The van der Waals surface area contributed by atoms with Gasteiger partial charge in [0.05, 0.1) is 11.8 Å². The predicted octanol–water partition coefficient (Wildman–Crippen LogP) is 3.96. The second-order valence-electron chi connectivity index (χ2n) is 5.81. The smallest absolute Gasteiger partial charge is 0.267 e. The van der Waals surface area contributed by atoms with E-state index >= 15 is 0 Å². The van der Waals surface area contributed by atoms with E-state index in [9.17, 15) is 4.79 Å². The minimum absolute atomic E-state index is 0.102. The summed E-state index contributed by atoms with van der Waals surface area (Å²) in [6, 6.07) is 19.0. The summed E-state index contributed by atoms with van der Waals surface area (Å²) in [6.45, 7) is 5.91. The first kappa shape index (κ1) is 15.0. The number of hydrogen-bond acceptors (Lipinski definition) is 2. The molecular formula is C18H20N2O.